The molecule has 2 N–H and O–H groups in total. The van der Waals surface area contributed by atoms with Crippen LogP contribution in [0.25, 0.3) is 0 Å². The molecule has 0 fully saturated rings. The number of carbonyl (C=O) groups is 1. The lowest BCUT2D eigenvalue weighted by Gasteiger charge is -2.10. The van der Waals surface area contributed by atoms with Crippen molar-refractivity contribution in [1.82, 2.24) is 10.6 Å². The lowest BCUT2D eigenvalue weighted by atomic mass is 10.1. The summed E-state index contributed by atoms with van der Waals surface area (Å²) in [5, 5.41) is 6.03. The van der Waals surface area contributed by atoms with Gasteiger partial charge in [0, 0.05) is 13.1 Å². The summed E-state index contributed by atoms with van der Waals surface area (Å²) in [5.41, 5.74) is 3.33. The van der Waals surface area contributed by atoms with Gasteiger partial charge in [-0.05, 0) is 30.2 Å². The molecule has 0 spiro atoms. The molecule has 0 radical (unpaired) electrons. The first-order chi connectivity index (χ1) is 11.6. The van der Waals surface area contributed by atoms with Crippen molar-refractivity contribution in [3.8, 4) is 11.5 Å². The molecule has 2 aromatic rings. The van der Waals surface area contributed by atoms with Crippen LogP contribution in [0, 0.1) is 6.92 Å². The van der Waals surface area contributed by atoms with E-state index in [0.717, 1.165) is 11.1 Å². The molecule has 0 aliphatic rings. The van der Waals surface area contributed by atoms with Crippen molar-refractivity contribution in [1.29, 1.82) is 0 Å². The van der Waals surface area contributed by atoms with Gasteiger partial charge in [0.15, 0.2) is 11.5 Å². The number of carbonyl (C=O) groups excluding carboxylic acids is 1. The number of methoxy groups -OCH3 is 2. The van der Waals surface area contributed by atoms with Crippen molar-refractivity contribution in [2.75, 3.05) is 20.8 Å². The first-order valence-corrected chi connectivity index (χ1v) is 7.86. The number of ether oxygens (including phenoxy) is 2. The SMILES string of the molecule is COc1ccc(CNCC(=O)NCc2ccc(C)cc2)cc1OC. The maximum atomic E-state index is 11.9. The second-order valence-electron chi connectivity index (χ2n) is 5.56. The summed E-state index contributed by atoms with van der Waals surface area (Å²) in [6, 6.07) is 13.8. The Bertz CT molecular complexity index is 669. The Morgan fingerprint density at radius 1 is 0.917 bits per heavy atom. The number of amides is 1. The number of aryl methyl sites for hydroxylation is 1. The largest absolute Gasteiger partial charge is 0.493 e. The molecule has 2 rings (SSSR count). The van der Waals surface area contributed by atoms with Crippen molar-refractivity contribution in [3.05, 3.63) is 59.2 Å². The number of benzene rings is 2. The Kier molecular flexibility index (Phi) is 6.63. The molecule has 1 amide bonds. The minimum atomic E-state index is -0.0314. The summed E-state index contributed by atoms with van der Waals surface area (Å²) < 4.78 is 10.5. The summed E-state index contributed by atoms with van der Waals surface area (Å²) in [6.07, 6.45) is 0. The van der Waals surface area contributed by atoms with Gasteiger partial charge in [-0.2, -0.15) is 0 Å². The lowest BCUT2D eigenvalue weighted by molar-refractivity contribution is -0.120. The van der Waals surface area contributed by atoms with Crippen molar-refractivity contribution < 1.29 is 14.3 Å². The van der Waals surface area contributed by atoms with Crippen molar-refractivity contribution in [3.63, 3.8) is 0 Å². The molecule has 0 aliphatic heterocycles. The van der Waals surface area contributed by atoms with Crippen LogP contribution in [-0.4, -0.2) is 26.7 Å². The van der Waals surface area contributed by atoms with Gasteiger partial charge in [0.1, 0.15) is 0 Å². The second kappa shape index (κ2) is 8.93. The van der Waals surface area contributed by atoms with E-state index in [2.05, 4.69) is 10.6 Å². The van der Waals surface area contributed by atoms with Crippen LogP contribution < -0.4 is 20.1 Å². The zero-order chi connectivity index (χ0) is 17.4. The molecule has 0 atom stereocenters. The van der Waals surface area contributed by atoms with E-state index in [9.17, 15) is 4.79 Å². The van der Waals surface area contributed by atoms with E-state index in [1.54, 1.807) is 14.2 Å². The molecule has 5 heteroatoms. The maximum absolute atomic E-state index is 11.9. The fraction of sp³-hybridized carbons (Fsp3) is 0.316. The summed E-state index contributed by atoms with van der Waals surface area (Å²) in [5.74, 6) is 1.34. The van der Waals surface area contributed by atoms with Crippen LogP contribution in [0.4, 0.5) is 0 Å². The van der Waals surface area contributed by atoms with Crippen LogP contribution in [0.5, 0.6) is 11.5 Å². The Hall–Kier alpha value is -2.53. The molecular weight excluding hydrogens is 304 g/mol. The van der Waals surface area contributed by atoms with Crippen LogP contribution >= 0.6 is 0 Å². The average Bonchev–Trinajstić information content (AvgIpc) is 2.61. The number of rotatable bonds is 8. The molecule has 0 heterocycles. The fourth-order valence-electron chi connectivity index (χ4n) is 2.28. The van der Waals surface area contributed by atoms with Crippen LogP contribution in [-0.2, 0) is 17.9 Å². The third-order valence-corrected chi connectivity index (χ3v) is 3.67. The van der Waals surface area contributed by atoms with E-state index < -0.39 is 0 Å². The molecule has 0 unspecified atom stereocenters. The quantitative estimate of drug-likeness (QED) is 0.781. The first-order valence-electron chi connectivity index (χ1n) is 7.86. The van der Waals surface area contributed by atoms with Gasteiger partial charge in [-0.1, -0.05) is 35.9 Å². The summed E-state index contributed by atoms with van der Waals surface area (Å²) in [4.78, 5) is 11.9. The molecule has 0 aromatic heterocycles. The van der Waals surface area contributed by atoms with Crippen molar-refractivity contribution >= 4 is 5.91 Å². The van der Waals surface area contributed by atoms with Gasteiger partial charge in [-0.15, -0.1) is 0 Å². The van der Waals surface area contributed by atoms with E-state index in [-0.39, 0.29) is 12.5 Å². The van der Waals surface area contributed by atoms with E-state index in [0.29, 0.717) is 24.6 Å². The number of nitrogens with one attached hydrogen (secondary N) is 2. The van der Waals surface area contributed by atoms with Crippen LogP contribution in [0.3, 0.4) is 0 Å². The lowest BCUT2D eigenvalue weighted by Crippen LogP contribution is -2.33. The highest BCUT2D eigenvalue weighted by Crippen LogP contribution is 2.27. The van der Waals surface area contributed by atoms with Gasteiger partial charge in [-0.25, -0.2) is 0 Å². The molecular formula is C19H24N2O3. The highest BCUT2D eigenvalue weighted by Gasteiger charge is 2.05. The molecule has 2 aromatic carbocycles. The van der Waals surface area contributed by atoms with E-state index in [1.807, 2.05) is 49.4 Å². The highest BCUT2D eigenvalue weighted by molar-refractivity contribution is 5.77. The van der Waals surface area contributed by atoms with E-state index >= 15 is 0 Å². The zero-order valence-electron chi connectivity index (χ0n) is 14.4. The second-order valence-corrected chi connectivity index (χ2v) is 5.56. The zero-order valence-corrected chi connectivity index (χ0v) is 14.4. The monoisotopic (exact) mass is 328 g/mol. The van der Waals surface area contributed by atoms with Crippen molar-refractivity contribution in [2.45, 2.75) is 20.0 Å². The Morgan fingerprint density at radius 2 is 1.58 bits per heavy atom. The third kappa shape index (κ3) is 5.28. The molecule has 0 aliphatic carbocycles. The first kappa shape index (κ1) is 17.8. The Morgan fingerprint density at radius 3 is 2.25 bits per heavy atom. The van der Waals surface area contributed by atoms with E-state index in [4.69, 9.17) is 9.47 Å². The molecule has 24 heavy (non-hydrogen) atoms. The molecule has 0 bridgehead atoms. The fourth-order valence-corrected chi connectivity index (χ4v) is 2.28. The van der Waals surface area contributed by atoms with Gasteiger partial charge < -0.3 is 20.1 Å². The van der Waals surface area contributed by atoms with Crippen LogP contribution in [0.2, 0.25) is 0 Å². The highest BCUT2D eigenvalue weighted by atomic mass is 16.5. The van der Waals surface area contributed by atoms with E-state index in [1.165, 1.54) is 5.56 Å². The minimum Gasteiger partial charge on any atom is -0.493 e. The molecule has 128 valence electrons. The molecule has 0 saturated heterocycles. The summed E-state index contributed by atoms with van der Waals surface area (Å²) in [6.45, 7) is 3.43. The Balaban J connectivity index is 1.75. The van der Waals surface area contributed by atoms with Gasteiger partial charge in [0.25, 0.3) is 0 Å². The van der Waals surface area contributed by atoms with Crippen LogP contribution in [0.1, 0.15) is 16.7 Å². The average molecular weight is 328 g/mol. The number of hydrogen-bond donors (Lipinski definition) is 2. The Labute approximate surface area is 143 Å². The summed E-state index contributed by atoms with van der Waals surface area (Å²) >= 11 is 0. The molecule has 5 nitrogen and oxygen atoms in total. The van der Waals surface area contributed by atoms with Crippen LogP contribution in [0.15, 0.2) is 42.5 Å². The maximum Gasteiger partial charge on any atom is 0.234 e. The van der Waals surface area contributed by atoms with Gasteiger partial charge in [-0.3, -0.25) is 4.79 Å². The van der Waals surface area contributed by atoms with Gasteiger partial charge >= 0.3 is 0 Å². The van der Waals surface area contributed by atoms with Gasteiger partial charge in [0.05, 0.1) is 20.8 Å². The standard InChI is InChI=1S/C19H24N2O3/c1-14-4-6-15(7-5-14)12-21-19(22)13-20-11-16-8-9-17(23-2)18(10-16)24-3/h4-10,20H,11-13H2,1-3H3,(H,21,22). The number of hydrogen-bond acceptors (Lipinski definition) is 4. The molecule has 0 saturated carbocycles. The predicted molar refractivity (Wildman–Crippen MR) is 94.3 cm³/mol. The normalized spacial score (nSPS) is 10.3. The van der Waals surface area contributed by atoms with Crippen molar-refractivity contribution in [2.24, 2.45) is 0 Å². The third-order valence-electron chi connectivity index (χ3n) is 3.67. The predicted octanol–water partition coefficient (Wildman–Crippen LogP) is 2.42. The smallest absolute Gasteiger partial charge is 0.234 e. The minimum absolute atomic E-state index is 0.0314. The van der Waals surface area contributed by atoms with Gasteiger partial charge in [0.2, 0.25) is 5.91 Å². The topological polar surface area (TPSA) is 59.6 Å². The summed E-state index contributed by atoms with van der Waals surface area (Å²) in [7, 11) is 3.21.